The number of rotatable bonds is 0. The molecule has 0 saturated carbocycles. The van der Waals surface area contributed by atoms with Gasteiger partial charge in [-0.25, -0.2) is 0 Å². The average molecular weight is 388 g/mol. The van der Waals surface area contributed by atoms with Crippen LogP contribution in [0.4, 0.5) is 0 Å². The van der Waals surface area contributed by atoms with E-state index < -0.39 is 0 Å². The third kappa shape index (κ3) is 1.66. The number of fused-ring (bicyclic) bond motifs is 3. The Hall–Kier alpha value is -1.18. The Morgan fingerprint density at radius 1 is 1.12 bits per heavy atom. The molecule has 0 atom stereocenters. The summed E-state index contributed by atoms with van der Waals surface area (Å²) in [5, 5.41) is 0.968. The second kappa shape index (κ2) is 4.00. The van der Waals surface area contributed by atoms with Crippen molar-refractivity contribution in [1.82, 2.24) is 4.98 Å². The minimum absolute atomic E-state index is 0. The van der Waals surface area contributed by atoms with E-state index in [4.69, 9.17) is 4.42 Å². The summed E-state index contributed by atoms with van der Waals surface area (Å²) in [7, 11) is 0. The predicted molar refractivity (Wildman–Crippen MR) is 59.8 cm³/mol. The van der Waals surface area contributed by atoms with E-state index in [1.165, 1.54) is 0 Å². The molecule has 83 valence electrons. The van der Waals surface area contributed by atoms with Gasteiger partial charge in [-0.05, 0) is 18.6 Å². The number of furan rings is 1. The van der Waals surface area contributed by atoms with Crippen molar-refractivity contribution in [2.45, 2.75) is 13.8 Å². The zero-order valence-electron chi connectivity index (χ0n) is 9.00. The molecule has 0 bridgehead atoms. The molecule has 3 rings (SSSR count). The monoisotopic (exact) mass is 389 g/mol. The van der Waals surface area contributed by atoms with Gasteiger partial charge in [0.25, 0.3) is 0 Å². The van der Waals surface area contributed by atoms with E-state index in [0.717, 1.165) is 33.2 Å². The summed E-state index contributed by atoms with van der Waals surface area (Å²) in [4.78, 5) is 4.37. The van der Waals surface area contributed by atoms with Gasteiger partial charge in [0, 0.05) is 37.4 Å². The molecule has 0 spiro atoms. The van der Waals surface area contributed by atoms with Crippen LogP contribution in [0.25, 0.3) is 22.1 Å². The normalized spacial score (nSPS) is 10.6. The van der Waals surface area contributed by atoms with Crippen LogP contribution in [0.2, 0.25) is 0 Å². The fourth-order valence-electron chi connectivity index (χ4n) is 1.77. The Bertz CT molecular complexity index is 601. The van der Waals surface area contributed by atoms with Crippen molar-refractivity contribution < 1.29 is 24.5 Å². The number of nitrogens with zero attached hydrogens (tertiary/aromatic N) is 1. The molecule has 1 aromatic carbocycles. The molecule has 2 aromatic heterocycles. The molecule has 0 fully saturated rings. The van der Waals surface area contributed by atoms with Crippen LogP contribution in [0.15, 0.2) is 28.8 Å². The minimum Gasteiger partial charge on any atom is -0.509 e. The maximum Gasteiger partial charge on any atom is 0.0987 e. The molecular formula is C13H10IrNO-. The molecule has 2 heterocycles. The zero-order chi connectivity index (χ0) is 10.4. The topological polar surface area (TPSA) is 26.0 Å². The van der Waals surface area contributed by atoms with Gasteiger partial charge in [0.1, 0.15) is 0 Å². The first kappa shape index (κ1) is 11.3. The van der Waals surface area contributed by atoms with Crippen molar-refractivity contribution in [3.63, 3.8) is 0 Å². The van der Waals surface area contributed by atoms with Gasteiger partial charge in [-0.1, -0.05) is 12.3 Å². The molecule has 0 amide bonds. The average Bonchev–Trinajstić information content (AvgIpc) is 2.53. The van der Waals surface area contributed by atoms with E-state index in [2.05, 4.69) is 11.1 Å². The molecule has 2 nitrogen and oxygen atoms in total. The van der Waals surface area contributed by atoms with Crippen LogP contribution < -0.4 is 0 Å². The molecule has 0 aliphatic carbocycles. The largest absolute Gasteiger partial charge is 0.509 e. The molecule has 3 heteroatoms. The van der Waals surface area contributed by atoms with Crippen molar-refractivity contribution in [2.75, 3.05) is 0 Å². The first-order chi connectivity index (χ1) is 7.24. The van der Waals surface area contributed by atoms with Crippen molar-refractivity contribution >= 4 is 22.1 Å². The summed E-state index contributed by atoms with van der Waals surface area (Å²) < 4.78 is 5.72. The SMILES string of the molecule is Cc1c[c-]c2c(c1)oc1cc(C)cnc12.[Ir]. The Balaban J connectivity index is 0.000000963. The number of aromatic nitrogens is 1. The fraction of sp³-hybridized carbons (Fsp3) is 0.154. The number of hydrogen-bond acceptors (Lipinski definition) is 2. The molecule has 0 aliphatic heterocycles. The molecular weight excluding hydrogens is 378 g/mol. The summed E-state index contributed by atoms with van der Waals surface area (Å²) in [5.41, 5.74) is 4.86. The second-order valence-corrected chi connectivity index (χ2v) is 3.88. The maximum absolute atomic E-state index is 5.72. The number of aryl methyl sites for hydroxylation is 2. The van der Waals surface area contributed by atoms with Crippen molar-refractivity contribution in [3.8, 4) is 0 Å². The first-order valence-corrected chi connectivity index (χ1v) is 4.91. The van der Waals surface area contributed by atoms with Gasteiger partial charge in [-0.3, -0.25) is 0 Å². The van der Waals surface area contributed by atoms with Crippen LogP contribution in [-0.4, -0.2) is 4.98 Å². The van der Waals surface area contributed by atoms with Gasteiger partial charge in [0.15, 0.2) is 0 Å². The smallest absolute Gasteiger partial charge is 0.0987 e. The number of benzene rings is 1. The van der Waals surface area contributed by atoms with E-state index >= 15 is 0 Å². The first-order valence-electron chi connectivity index (χ1n) is 4.91. The molecule has 16 heavy (non-hydrogen) atoms. The number of pyridine rings is 1. The molecule has 0 unspecified atom stereocenters. The fourth-order valence-corrected chi connectivity index (χ4v) is 1.77. The van der Waals surface area contributed by atoms with Crippen LogP contribution in [0.1, 0.15) is 11.1 Å². The van der Waals surface area contributed by atoms with E-state index in [1.807, 2.05) is 38.2 Å². The maximum atomic E-state index is 5.72. The van der Waals surface area contributed by atoms with E-state index in [9.17, 15) is 0 Å². The molecule has 3 aromatic rings. The Morgan fingerprint density at radius 2 is 1.88 bits per heavy atom. The molecule has 1 radical (unpaired) electrons. The third-order valence-electron chi connectivity index (χ3n) is 2.50. The van der Waals surface area contributed by atoms with Crippen LogP contribution >= 0.6 is 0 Å². The van der Waals surface area contributed by atoms with Gasteiger partial charge in [-0.2, -0.15) is 0 Å². The standard InChI is InChI=1S/C13H10NO.Ir/c1-8-3-4-10-11(5-8)15-12-6-9(2)7-14-13(10)12;/h3,5-7H,1-2H3;/q-1;. The van der Waals surface area contributed by atoms with E-state index in [1.54, 1.807) is 0 Å². The van der Waals surface area contributed by atoms with Crippen LogP contribution in [0.3, 0.4) is 0 Å². The van der Waals surface area contributed by atoms with Crippen molar-refractivity contribution in [3.05, 3.63) is 41.6 Å². The van der Waals surface area contributed by atoms with Crippen molar-refractivity contribution in [1.29, 1.82) is 0 Å². The molecule has 0 N–H and O–H groups in total. The summed E-state index contributed by atoms with van der Waals surface area (Å²) in [5.74, 6) is 0. The minimum atomic E-state index is 0. The quantitative estimate of drug-likeness (QED) is 0.552. The number of hydrogen-bond donors (Lipinski definition) is 0. The van der Waals surface area contributed by atoms with Gasteiger partial charge in [0.05, 0.1) is 5.58 Å². The molecule has 0 aliphatic rings. The third-order valence-corrected chi connectivity index (χ3v) is 2.50. The van der Waals surface area contributed by atoms with Gasteiger partial charge < -0.3 is 9.40 Å². The van der Waals surface area contributed by atoms with Gasteiger partial charge in [-0.15, -0.1) is 23.8 Å². The second-order valence-electron chi connectivity index (χ2n) is 3.88. The Kier molecular flexibility index (Phi) is 2.83. The summed E-state index contributed by atoms with van der Waals surface area (Å²) in [6.07, 6.45) is 1.85. The van der Waals surface area contributed by atoms with E-state index in [-0.39, 0.29) is 20.1 Å². The van der Waals surface area contributed by atoms with Crippen molar-refractivity contribution in [2.24, 2.45) is 0 Å². The predicted octanol–water partition coefficient (Wildman–Crippen LogP) is 3.40. The molecule has 0 saturated heterocycles. The Morgan fingerprint density at radius 3 is 2.69 bits per heavy atom. The summed E-state index contributed by atoms with van der Waals surface area (Å²) in [6.45, 7) is 4.04. The summed E-state index contributed by atoms with van der Waals surface area (Å²) >= 11 is 0. The summed E-state index contributed by atoms with van der Waals surface area (Å²) in [6, 6.07) is 9.18. The van der Waals surface area contributed by atoms with Crippen LogP contribution in [0, 0.1) is 19.9 Å². The van der Waals surface area contributed by atoms with Gasteiger partial charge >= 0.3 is 0 Å². The van der Waals surface area contributed by atoms with E-state index in [0.29, 0.717) is 0 Å². The van der Waals surface area contributed by atoms with Crippen LogP contribution in [0.5, 0.6) is 0 Å². The van der Waals surface area contributed by atoms with Crippen LogP contribution in [-0.2, 0) is 20.1 Å². The Labute approximate surface area is 107 Å². The zero-order valence-corrected chi connectivity index (χ0v) is 11.4. The van der Waals surface area contributed by atoms with Gasteiger partial charge in [0.2, 0.25) is 0 Å².